The molecule has 2 fully saturated rings. The van der Waals surface area contributed by atoms with E-state index in [1.807, 2.05) is 0 Å². The van der Waals surface area contributed by atoms with Crippen LogP contribution in [-0.4, -0.2) is 73.5 Å². The lowest BCUT2D eigenvalue weighted by Gasteiger charge is -2.38. The van der Waals surface area contributed by atoms with Gasteiger partial charge in [0.05, 0.1) is 5.92 Å². The number of hydrogen-bond donors (Lipinski definition) is 0. The summed E-state index contributed by atoms with van der Waals surface area (Å²) in [7, 11) is 2.12. The molecule has 2 aliphatic rings. The van der Waals surface area contributed by atoms with Crippen LogP contribution in [0.2, 0.25) is 0 Å². The van der Waals surface area contributed by atoms with Crippen LogP contribution in [0, 0.1) is 5.92 Å². The Bertz CT molecular complexity index is 261. The van der Waals surface area contributed by atoms with Crippen molar-refractivity contribution in [3.63, 3.8) is 0 Å². The van der Waals surface area contributed by atoms with Gasteiger partial charge in [0.1, 0.15) is 0 Å². The standard InChI is InChI=1S/C13H25N3O/c1-3-15-7-9-16(10-8-15)13(17)12-5-4-6-14(2)11-12/h12H,3-11H2,1-2H3/t12-/m0/s1. The normalized spacial score (nSPS) is 28.4. The summed E-state index contributed by atoms with van der Waals surface area (Å²) in [6.45, 7) is 9.33. The number of piperazine rings is 1. The number of rotatable bonds is 2. The number of piperidine rings is 1. The fraction of sp³-hybridized carbons (Fsp3) is 0.923. The number of nitrogens with zero attached hydrogens (tertiary/aromatic N) is 3. The molecule has 2 rings (SSSR count). The number of carbonyl (C=O) groups excluding carboxylic acids is 1. The Morgan fingerprint density at radius 3 is 2.47 bits per heavy atom. The fourth-order valence-electron chi connectivity index (χ4n) is 2.91. The third-order valence-corrected chi connectivity index (χ3v) is 4.10. The minimum absolute atomic E-state index is 0.252. The largest absolute Gasteiger partial charge is 0.340 e. The van der Waals surface area contributed by atoms with Crippen molar-refractivity contribution in [1.82, 2.24) is 14.7 Å². The lowest BCUT2D eigenvalue weighted by molar-refractivity contribution is -0.138. The second-order valence-corrected chi connectivity index (χ2v) is 5.36. The summed E-state index contributed by atoms with van der Waals surface area (Å²) >= 11 is 0. The van der Waals surface area contributed by atoms with Crippen LogP contribution >= 0.6 is 0 Å². The summed E-state index contributed by atoms with van der Waals surface area (Å²) in [5, 5.41) is 0. The molecule has 0 unspecified atom stereocenters. The molecule has 0 aromatic carbocycles. The monoisotopic (exact) mass is 239 g/mol. The Kier molecular flexibility index (Phi) is 4.40. The fourth-order valence-corrected chi connectivity index (χ4v) is 2.91. The molecule has 0 N–H and O–H groups in total. The van der Waals surface area contributed by atoms with Crippen molar-refractivity contribution < 1.29 is 4.79 Å². The first-order valence-electron chi connectivity index (χ1n) is 6.90. The minimum Gasteiger partial charge on any atom is -0.340 e. The molecule has 2 saturated heterocycles. The van der Waals surface area contributed by atoms with E-state index in [-0.39, 0.29) is 5.92 Å². The maximum atomic E-state index is 12.4. The number of amides is 1. The first-order chi connectivity index (χ1) is 8.20. The lowest BCUT2D eigenvalue weighted by Crippen LogP contribution is -2.52. The topological polar surface area (TPSA) is 26.8 Å². The molecule has 2 heterocycles. The van der Waals surface area contributed by atoms with E-state index < -0.39 is 0 Å². The van der Waals surface area contributed by atoms with Crippen molar-refractivity contribution in [2.24, 2.45) is 5.92 Å². The average Bonchev–Trinajstić information content (AvgIpc) is 2.38. The highest BCUT2D eigenvalue weighted by Gasteiger charge is 2.29. The molecular weight excluding hydrogens is 214 g/mol. The molecule has 1 atom stereocenters. The van der Waals surface area contributed by atoms with Gasteiger partial charge in [0.2, 0.25) is 5.91 Å². The highest BCUT2D eigenvalue weighted by molar-refractivity contribution is 5.79. The summed E-state index contributed by atoms with van der Waals surface area (Å²) in [6.07, 6.45) is 2.25. The van der Waals surface area contributed by atoms with Gasteiger partial charge in [-0.05, 0) is 33.0 Å². The second kappa shape index (κ2) is 5.83. The average molecular weight is 239 g/mol. The van der Waals surface area contributed by atoms with E-state index in [1.165, 1.54) is 6.42 Å². The van der Waals surface area contributed by atoms with Crippen LogP contribution in [0.3, 0.4) is 0 Å². The summed E-state index contributed by atoms with van der Waals surface area (Å²) in [6, 6.07) is 0. The van der Waals surface area contributed by atoms with E-state index in [2.05, 4.69) is 28.7 Å². The Morgan fingerprint density at radius 2 is 1.88 bits per heavy atom. The molecule has 0 aliphatic carbocycles. The van der Waals surface area contributed by atoms with Crippen LogP contribution in [0.1, 0.15) is 19.8 Å². The van der Waals surface area contributed by atoms with Crippen molar-refractivity contribution >= 4 is 5.91 Å². The molecule has 1 amide bonds. The Morgan fingerprint density at radius 1 is 1.18 bits per heavy atom. The third-order valence-electron chi connectivity index (χ3n) is 4.10. The summed E-state index contributed by atoms with van der Waals surface area (Å²) in [5.41, 5.74) is 0. The lowest BCUT2D eigenvalue weighted by atomic mass is 9.96. The molecule has 0 aromatic heterocycles. The third kappa shape index (κ3) is 3.19. The van der Waals surface area contributed by atoms with Gasteiger partial charge in [-0.25, -0.2) is 0 Å². The maximum Gasteiger partial charge on any atom is 0.227 e. The Labute approximate surface area is 105 Å². The van der Waals surface area contributed by atoms with Gasteiger partial charge in [0, 0.05) is 32.7 Å². The number of carbonyl (C=O) groups is 1. The van der Waals surface area contributed by atoms with Crippen LogP contribution < -0.4 is 0 Å². The van der Waals surface area contributed by atoms with Crippen molar-refractivity contribution in [3.05, 3.63) is 0 Å². The first-order valence-corrected chi connectivity index (χ1v) is 6.90. The molecule has 0 bridgehead atoms. The van der Waals surface area contributed by atoms with Gasteiger partial charge in [-0.1, -0.05) is 6.92 Å². The zero-order valence-electron chi connectivity index (χ0n) is 11.2. The molecule has 17 heavy (non-hydrogen) atoms. The smallest absolute Gasteiger partial charge is 0.227 e. The van der Waals surface area contributed by atoms with Gasteiger partial charge in [0.15, 0.2) is 0 Å². The summed E-state index contributed by atoms with van der Waals surface area (Å²) in [5.74, 6) is 0.647. The molecule has 4 heteroatoms. The van der Waals surface area contributed by atoms with Crippen LogP contribution in [0.5, 0.6) is 0 Å². The molecule has 4 nitrogen and oxygen atoms in total. The molecule has 0 saturated carbocycles. The molecule has 2 aliphatic heterocycles. The van der Waals surface area contributed by atoms with Gasteiger partial charge in [-0.3, -0.25) is 4.79 Å². The molecule has 0 aromatic rings. The summed E-state index contributed by atoms with van der Waals surface area (Å²) < 4.78 is 0. The van der Waals surface area contributed by atoms with Gasteiger partial charge in [0.25, 0.3) is 0 Å². The SMILES string of the molecule is CCN1CCN(C(=O)[C@H]2CCCN(C)C2)CC1. The van der Waals surface area contributed by atoms with Crippen LogP contribution in [0.25, 0.3) is 0 Å². The maximum absolute atomic E-state index is 12.4. The number of hydrogen-bond acceptors (Lipinski definition) is 3. The van der Waals surface area contributed by atoms with E-state index in [0.29, 0.717) is 5.91 Å². The predicted molar refractivity (Wildman–Crippen MR) is 68.9 cm³/mol. The van der Waals surface area contributed by atoms with Crippen molar-refractivity contribution in [3.8, 4) is 0 Å². The number of likely N-dealkylation sites (tertiary alicyclic amines) is 1. The van der Waals surface area contributed by atoms with Crippen molar-refractivity contribution in [2.45, 2.75) is 19.8 Å². The molecule has 0 spiro atoms. The zero-order valence-corrected chi connectivity index (χ0v) is 11.2. The van der Waals surface area contributed by atoms with Crippen molar-refractivity contribution in [1.29, 1.82) is 0 Å². The molecule has 0 radical (unpaired) electrons. The molecule has 98 valence electrons. The van der Waals surface area contributed by atoms with Crippen LogP contribution in [0.15, 0.2) is 0 Å². The van der Waals surface area contributed by atoms with Gasteiger partial charge in [-0.2, -0.15) is 0 Å². The first kappa shape index (κ1) is 12.8. The van der Waals surface area contributed by atoms with Gasteiger partial charge < -0.3 is 14.7 Å². The molecular formula is C13H25N3O. The van der Waals surface area contributed by atoms with Crippen LogP contribution in [-0.2, 0) is 4.79 Å². The van der Waals surface area contributed by atoms with Gasteiger partial charge in [-0.15, -0.1) is 0 Å². The Hall–Kier alpha value is -0.610. The highest BCUT2D eigenvalue weighted by Crippen LogP contribution is 2.18. The van der Waals surface area contributed by atoms with E-state index in [4.69, 9.17) is 0 Å². The van der Waals surface area contributed by atoms with Crippen molar-refractivity contribution in [2.75, 3.05) is 52.9 Å². The quantitative estimate of drug-likeness (QED) is 0.702. The van der Waals surface area contributed by atoms with E-state index in [1.54, 1.807) is 0 Å². The van der Waals surface area contributed by atoms with E-state index in [0.717, 1.165) is 52.2 Å². The highest BCUT2D eigenvalue weighted by atomic mass is 16.2. The Balaban J connectivity index is 1.83. The second-order valence-electron chi connectivity index (χ2n) is 5.36. The van der Waals surface area contributed by atoms with E-state index >= 15 is 0 Å². The zero-order chi connectivity index (χ0) is 12.3. The minimum atomic E-state index is 0.252. The number of likely N-dealkylation sites (N-methyl/N-ethyl adjacent to an activating group) is 1. The van der Waals surface area contributed by atoms with Gasteiger partial charge >= 0.3 is 0 Å². The summed E-state index contributed by atoms with van der Waals surface area (Å²) in [4.78, 5) is 19.2. The predicted octanol–water partition coefficient (Wildman–Crippen LogP) is 0.492. The van der Waals surface area contributed by atoms with Crippen LogP contribution in [0.4, 0.5) is 0 Å². The van der Waals surface area contributed by atoms with E-state index in [9.17, 15) is 4.79 Å².